The summed E-state index contributed by atoms with van der Waals surface area (Å²) in [4.78, 5) is 18.6. The summed E-state index contributed by atoms with van der Waals surface area (Å²) in [5.74, 6) is 1.48. The lowest BCUT2D eigenvalue weighted by Crippen LogP contribution is -2.38. The Hall–Kier alpha value is -2.20. The van der Waals surface area contributed by atoms with Crippen molar-refractivity contribution in [2.45, 2.75) is 33.4 Å². The van der Waals surface area contributed by atoms with E-state index in [0.29, 0.717) is 12.1 Å². The second kappa shape index (κ2) is 8.26. The maximum Gasteiger partial charge on any atom is 0.253 e. The van der Waals surface area contributed by atoms with Crippen LogP contribution in [0, 0.1) is 11.8 Å². The molecule has 2 aromatic rings. The van der Waals surface area contributed by atoms with Gasteiger partial charge in [-0.15, -0.1) is 0 Å². The lowest BCUT2D eigenvalue weighted by atomic mass is 9.91. The van der Waals surface area contributed by atoms with Crippen LogP contribution < -0.4 is 5.32 Å². The molecule has 1 fully saturated rings. The van der Waals surface area contributed by atoms with Gasteiger partial charge in [0.15, 0.2) is 0 Å². The van der Waals surface area contributed by atoms with Gasteiger partial charge in [0.05, 0.1) is 5.56 Å². The molecule has 1 N–H and O–H groups in total. The van der Waals surface area contributed by atoms with Crippen molar-refractivity contribution in [3.63, 3.8) is 0 Å². The summed E-state index contributed by atoms with van der Waals surface area (Å²) in [5, 5.41) is 2.94. The highest BCUT2D eigenvalue weighted by molar-refractivity contribution is 5.93. The predicted molar refractivity (Wildman–Crippen MR) is 100 cm³/mol. The number of likely N-dealkylation sites (tertiary alicyclic amines) is 1. The minimum atomic E-state index is -0.0894. The van der Waals surface area contributed by atoms with E-state index in [1.807, 2.05) is 0 Å². The Kier molecular flexibility index (Phi) is 5.82. The van der Waals surface area contributed by atoms with E-state index in [1.54, 1.807) is 24.5 Å². The van der Waals surface area contributed by atoms with Crippen LogP contribution in [-0.4, -0.2) is 28.9 Å². The van der Waals surface area contributed by atoms with E-state index in [-0.39, 0.29) is 5.91 Å². The predicted octanol–water partition coefficient (Wildman–Crippen LogP) is 3.49. The number of rotatable bonds is 5. The summed E-state index contributed by atoms with van der Waals surface area (Å²) in [6, 6.07) is 12.1. The van der Waals surface area contributed by atoms with Gasteiger partial charge in [-0.05, 0) is 41.5 Å². The molecule has 0 aliphatic carbocycles. The number of nitrogens with one attached hydrogen (secondary N) is 1. The van der Waals surface area contributed by atoms with Crippen molar-refractivity contribution in [3.8, 4) is 0 Å². The number of carbonyl (C=O) groups excluding carboxylic acids is 1. The van der Waals surface area contributed by atoms with Crippen molar-refractivity contribution in [2.75, 3.05) is 13.1 Å². The van der Waals surface area contributed by atoms with E-state index < -0.39 is 0 Å². The molecule has 0 spiro atoms. The normalized spacial score (nSPS) is 21.0. The molecule has 0 bridgehead atoms. The lowest BCUT2D eigenvalue weighted by Gasteiger charge is -2.35. The van der Waals surface area contributed by atoms with E-state index in [9.17, 15) is 4.79 Å². The second-order valence-electron chi connectivity index (χ2n) is 7.38. The Morgan fingerprint density at radius 3 is 2.44 bits per heavy atom. The minimum absolute atomic E-state index is 0.0894. The molecular weight excluding hydrogens is 310 g/mol. The van der Waals surface area contributed by atoms with Gasteiger partial charge in [-0.2, -0.15) is 0 Å². The zero-order valence-corrected chi connectivity index (χ0v) is 15.1. The molecule has 1 aromatic heterocycles. The molecule has 4 heteroatoms. The molecule has 132 valence electrons. The van der Waals surface area contributed by atoms with Crippen molar-refractivity contribution in [1.29, 1.82) is 0 Å². The number of benzene rings is 1. The molecular formula is C21H27N3O. The maximum atomic E-state index is 12.1. The van der Waals surface area contributed by atoms with Crippen LogP contribution in [0.1, 0.15) is 41.8 Å². The Labute approximate surface area is 150 Å². The summed E-state index contributed by atoms with van der Waals surface area (Å²) < 4.78 is 0. The van der Waals surface area contributed by atoms with Crippen molar-refractivity contribution in [2.24, 2.45) is 11.8 Å². The van der Waals surface area contributed by atoms with Gasteiger partial charge in [-0.1, -0.05) is 38.1 Å². The standard InChI is InChI=1S/C21H27N3O/c1-16-10-17(2)14-24(13-16)15-19-7-5-18(6-8-19)11-23-21(25)20-4-3-9-22-12-20/h3-9,12,16-17H,10-11,13-15H2,1-2H3,(H,23,25)/t16-,17-/m0/s1. The number of hydrogen-bond acceptors (Lipinski definition) is 3. The average molecular weight is 337 g/mol. The largest absolute Gasteiger partial charge is 0.348 e. The van der Waals surface area contributed by atoms with Gasteiger partial charge in [0.1, 0.15) is 0 Å². The monoisotopic (exact) mass is 337 g/mol. The first-order chi connectivity index (χ1) is 12.1. The molecule has 1 saturated heterocycles. The van der Waals surface area contributed by atoms with Gasteiger partial charge in [-0.3, -0.25) is 14.7 Å². The summed E-state index contributed by atoms with van der Waals surface area (Å²) in [6.07, 6.45) is 4.59. The first-order valence-electron chi connectivity index (χ1n) is 9.08. The molecule has 0 saturated carbocycles. The smallest absolute Gasteiger partial charge is 0.253 e. The van der Waals surface area contributed by atoms with Crippen LogP contribution in [0.25, 0.3) is 0 Å². The fourth-order valence-electron chi connectivity index (χ4n) is 3.72. The number of pyridine rings is 1. The molecule has 25 heavy (non-hydrogen) atoms. The van der Waals surface area contributed by atoms with E-state index >= 15 is 0 Å². The van der Waals surface area contributed by atoms with E-state index in [2.05, 4.69) is 53.3 Å². The summed E-state index contributed by atoms with van der Waals surface area (Å²) in [7, 11) is 0. The fourth-order valence-corrected chi connectivity index (χ4v) is 3.72. The van der Waals surface area contributed by atoms with Crippen molar-refractivity contribution >= 4 is 5.91 Å². The fraction of sp³-hybridized carbons (Fsp3) is 0.429. The molecule has 2 heterocycles. The highest BCUT2D eigenvalue weighted by atomic mass is 16.1. The maximum absolute atomic E-state index is 12.1. The zero-order chi connectivity index (χ0) is 17.6. The molecule has 0 unspecified atom stereocenters. The van der Waals surface area contributed by atoms with Crippen LogP contribution >= 0.6 is 0 Å². The summed E-state index contributed by atoms with van der Waals surface area (Å²) in [5.41, 5.74) is 3.04. The van der Waals surface area contributed by atoms with E-state index in [0.717, 1.165) is 23.9 Å². The van der Waals surface area contributed by atoms with Gasteiger partial charge < -0.3 is 5.32 Å². The number of nitrogens with zero attached hydrogens (tertiary/aromatic N) is 2. The topological polar surface area (TPSA) is 45.2 Å². The number of carbonyl (C=O) groups is 1. The third-order valence-electron chi connectivity index (χ3n) is 4.75. The highest BCUT2D eigenvalue weighted by Gasteiger charge is 2.21. The van der Waals surface area contributed by atoms with Crippen molar-refractivity contribution in [3.05, 3.63) is 65.5 Å². The van der Waals surface area contributed by atoms with Gasteiger partial charge in [-0.25, -0.2) is 0 Å². The van der Waals surface area contributed by atoms with Gasteiger partial charge in [0.25, 0.3) is 5.91 Å². The third kappa shape index (κ3) is 5.13. The molecule has 1 aliphatic heterocycles. The molecule has 1 aromatic carbocycles. The average Bonchev–Trinajstić information content (AvgIpc) is 2.61. The quantitative estimate of drug-likeness (QED) is 0.908. The number of amides is 1. The molecule has 1 aliphatic rings. The molecule has 3 rings (SSSR count). The van der Waals surface area contributed by atoms with E-state index in [1.165, 1.54) is 25.1 Å². The van der Waals surface area contributed by atoms with Gasteiger partial charge in [0.2, 0.25) is 0 Å². The molecule has 0 radical (unpaired) electrons. The SMILES string of the molecule is C[C@H]1C[C@H](C)CN(Cc2ccc(CNC(=O)c3cccnc3)cc2)C1. The number of piperidine rings is 1. The second-order valence-corrected chi connectivity index (χ2v) is 7.38. The number of aromatic nitrogens is 1. The highest BCUT2D eigenvalue weighted by Crippen LogP contribution is 2.22. The number of hydrogen-bond donors (Lipinski definition) is 1. The Morgan fingerprint density at radius 2 is 1.80 bits per heavy atom. The summed E-state index contributed by atoms with van der Waals surface area (Å²) in [6.45, 7) is 8.61. The summed E-state index contributed by atoms with van der Waals surface area (Å²) >= 11 is 0. The molecule has 1 amide bonds. The van der Waals surface area contributed by atoms with Crippen LogP contribution in [0.4, 0.5) is 0 Å². The van der Waals surface area contributed by atoms with Crippen molar-refractivity contribution < 1.29 is 4.79 Å². The molecule has 4 nitrogen and oxygen atoms in total. The minimum Gasteiger partial charge on any atom is -0.348 e. The van der Waals surface area contributed by atoms with Crippen LogP contribution in [0.2, 0.25) is 0 Å². The van der Waals surface area contributed by atoms with Gasteiger partial charge in [0, 0.05) is 38.6 Å². The zero-order valence-electron chi connectivity index (χ0n) is 15.1. The Morgan fingerprint density at radius 1 is 1.12 bits per heavy atom. The van der Waals surface area contributed by atoms with Crippen LogP contribution in [0.15, 0.2) is 48.8 Å². The first-order valence-corrected chi connectivity index (χ1v) is 9.08. The Bertz CT molecular complexity index is 674. The third-order valence-corrected chi connectivity index (χ3v) is 4.75. The molecule has 2 atom stereocenters. The van der Waals surface area contributed by atoms with Crippen LogP contribution in [0.3, 0.4) is 0 Å². The van der Waals surface area contributed by atoms with E-state index in [4.69, 9.17) is 0 Å². The van der Waals surface area contributed by atoms with Crippen LogP contribution in [0.5, 0.6) is 0 Å². The van der Waals surface area contributed by atoms with Gasteiger partial charge >= 0.3 is 0 Å². The first kappa shape index (κ1) is 17.6. The van der Waals surface area contributed by atoms with Crippen LogP contribution in [-0.2, 0) is 13.1 Å². The van der Waals surface area contributed by atoms with Crippen molar-refractivity contribution in [1.82, 2.24) is 15.2 Å². The lowest BCUT2D eigenvalue weighted by molar-refractivity contribution is 0.0950. The Balaban J connectivity index is 1.51.